The lowest BCUT2D eigenvalue weighted by molar-refractivity contribution is -0.140. The minimum absolute atomic E-state index is 0.0156. The van der Waals surface area contributed by atoms with Crippen LogP contribution in [0.2, 0.25) is 0 Å². The van der Waals surface area contributed by atoms with Crippen LogP contribution in [0.25, 0.3) is 0 Å². The van der Waals surface area contributed by atoms with E-state index < -0.39 is 0 Å². The first-order valence-electron chi connectivity index (χ1n) is 10.2. The molecule has 29 heavy (non-hydrogen) atoms. The summed E-state index contributed by atoms with van der Waals surface area (Å²) >= 11 is 0. The number of nitriles is 1. The van der Waals surface area contributed by atoms with E-state index in [1.807, 2.05) is 19.1 Å². The smallest absolute Gasteiger partial charge is 0.233 e. The number of amides is 2. The van der Waals surface area contributed by atoms with E-state index in [1.54, 1.807) is 12.1 Å². The number of guanidine groups is 1. The zero-order valence-electron chi connectivity index (χ0n) is 16.5. The van der Waals surface area contributed by atoms with E-state index in [9.17, 15) is 9.59 Å². The van der Waals surface area contributed by atoms with Crippen molar-refractivity contribution < 1.29 is 9.59 Å². The van der Waals surface area contributed by atoms with Crippen molar-refractivity contribution >= 4 is 17.8 Å². The molecule has 2 amide bonds. The third kappa shape index (κ3) is 3.63. The summed E-state index contributed by atoms with van der Waals surface area (Å²) in [7, 11) is 0. The number of carbonyl (C=O) groups is 2. The Labute approximate surface area is 170 Å². The minimum Gasteiger partial charge on any atom is -0.357 e. The van der Waals surface area contributed by atoms with Gasteiger partial charge in [-0.1, -0.05) is 24.3 Å². The summed E-state index contributed by atoms with van der Waals surface area (Å²) in [6, 6.07) is 9.41. The fourth-order valence-corrected chi connectivity index (χ4v) is 4.67. The van der Waals surface area contributed by atoms with Crippen LogP contribution in [0.5, 0.6) is 0 Å². The normalized spacial score (nSPS) is 27.3. The van der Waals surface area contributed by atoms with Crippen LogP contribution in [-0.2, 0) is 16.1 Å². The van der Waals surface area contributed by atoms with Crippen molar-refractivity contribution in [3.05, 3.63) is 47.5 Å². The highest BCUT2D eigenvalue weighted by atomic mass is 16.2. The van der Waals surface area contributed by atoms with Gasteiger partial charge in [-0.05, 0) is 42.9 Å². The first-order chi connectivity index (χ1) is 14.1. The Balaban J connectivity index is 1.32. The van der Waals surface area contributed by atoms with Crippen LogP contribution in [-0.4, -0.2) is 42.3 Å². The molecule has 1 saturated heterocycles. The predicted molar refractivity (Wildman–Crippen MR) is 108 cm³/mol. The number of rotatable bonds is 6. The molecule has 1 saturated carbocycles. The van der Waals surface area contributed by atoms with Crippen LogP contribution in [0.4, 0.5) is 0 Å². The molecule has 1 aliphatic heterocycles. The van der Waals surface area contributed by atoms with E-state index in [2.05, 4.69) is 33.8 Å². The lowest BCUT2D eigenvalue weighted by Crippen LogP contribution is -2.43. The highest BCUT2D eigenvalue weighted by Gasteiger charge is 2.58. The number of nitrogens with zero attached hydrogens (tertiary/aromatic N) is 3. The van der Waals surface area contributed by atoms with Gasteiger partial charge in [-0.25, -0.2) is 4.99 Å². The Morgan fingerprint density at radius 2 is 1.79 bits per heavy atom. The molecule has 7 heteroatoms. The molecule has 0 aromatic heterocycles. The van der Waals surface area contributed by atoms with Crippen molar-refractivity contribution in [1.29, 1.82) is 5.26 Å². The first kappa shape index (κ1) is 19.2. The molecule has 3 aliphatic rings. The van der Waals surface area contributed by atoms with Crippen molar-refractivity contribution in [3.8, 4) is 6.07 Å². The lowest BCUT2D eigenvalue weighted by Gasteiger charge is -2.18. The Morgan fingerprint density at radius 1 is 1.14 bits per heavy atom. The van der Waals surface area contributed by atoms with Gasteiger partial charge in [0.25, 0.3) is 0 Å². The van der Waals surface area contributed by atoms with Crippen molar-refractivity contribution in [3.63, 3.8) is 0 Å². The lowest BCUT2D eigenvalue weighted by atomic mass is 9.85. The average molecular weight is 391 g/mol. The molecular formula is C22H25N5O2. The number of allylic oxidation sites excluding steroid dienone is 2. The first-order valence-corrected chi connectivity index (χ1v) is 10.2. The van der Waals surface area contributed by atoms with Gasteiger partial charge in [0, 0.05) is 19.6 Å². The molecule has 0 radical (unpaired) electrons. The van der Waals surface area contributed by atoms with E-state index >= 15 is 0 Å². The molecule has 4 unspecified atom stereocenters. The van der Waals surface area contributed by atoms with Gasteiger partial charge in [-0.15, -0.1) is 0 Å². The number of hydrogen-bond donors (Lipinski definition) is 2. The number of likely N-dealkylation sites (tertiary alicyclic amines) is 1. The van der Waals surface area contributed by atoms with E-state index in [4.69, 9.17) is 5.26 Å². The molecule has 1 aromatic carbocycles. The van der Waals surface area contributed by atoms with E-state index in [0.29, 0.717) is 37.7 Å². The molecule has 2 fully saturated rings. The molecule has 150 valence electrons. The number of carbonyl (C=O) groups excluding carboxylic acids is 2. The molecule has 2 aliphatic carbocycles. The zero-order chi connectivity index (χ0) is 20.4. The zero-order valence-corrected chi connectivity index (χ0v) is 16.5. The highest BCUT2D eigenvalue weighted by Crippen LogP contribution is 2.52. The molecule has 4 rings (SSSR count). The van der Waals surface area contributed by atoms with Crippen LogP contribution in [0, 0.1) is 35.0 Å². The SMILES string of the molecule is CCNC(=NCc1ccc(C#N)cc1)NCCN1C(=O)C2C3C=CC(C3)C2C1=O. The van der Waals surface area contributed by atoms with Crippen molar-refractivity contribution in [2.24, 2.45) is 28.7 Å². The Bertz CT molecular complexity index is 869. The van der Waals surface area contributed by atoms with Crippen LogP contribution in [0.15, 0.2) is 41.4 Å². The quantitative estimate of drug-likeness (QED) is 0.331. The Kier molecular flexibility index (Phi) is 5.34. The minimum atomic E-state index is -0.143. The molecule has 4 atom stereocenters. The van der Waals surface area contributed by atoms with Gasteiger partial charge in [0.2, 0.25) is 11.8 Å². The topological polar surface area (TPSA) is 97.6 Å². The van der Waals surface area contributed by atoms with Gasteiger partial charge in [-0.2, -0.15) is 5.26 Å². The summed E-state index contributed by atoms with van der Waals surface area (Å²) in [6.07, 6.45) is 5.17. The van der Waals surface area contributed by atoms with Gasteiger partial charge in [0.1, 0.15) is 0 Å². The second-order valence-corrected chi connectivity index (χ2v) is 7.76. The summed E-state index contributed by atoms with van der Waals surface area (Å²) in [4.78, 5) is 31.4. The monoisotopic (exact) mass is 391 g/mol. The van der Waals surface area contributed by atoms with E-state index in [0.717, 1.165) is 12.0 Å². The number of imide groups is 1. The van der Waals surface area contributed by atoms with Gasteiger partial charge >= 0.3 is 0 Å². The van der Waals surface area contributed by atoms with Crippen LogP contribution in [0.3, 0.4) is 0 Å². The summed E-state index contributed by atoms with van der Waals surface area (Å²) in [5.41, 5.74) is 1.62. The largest absolute Gasteiger partial charge is 0.357 e. The molecule has 0 spiro atoms. The second-order valence-electron chi connectivity index (χ2n) is 7.76. The Morgan fingerprint density at radius 3 is 2.38 bits per heavy atom. The maximum atomic E-state index is 12.7. The average Bonchev–Trinajstić information content (AvgIpc) is 3.42. The molecular weight excluding hydrogens is 366 g/mol. The van der Waals surface area contributed by atoms with E-state index in [1.165, 1.54) is 4.90 Å². The predicted octanol–water partition coefficient (Wildman–Crippen LogP) is 1.42. The van der Waals surface area contributed by atoms with Gasteiger partial charge in [-0.3, -0.25) is 14.5 Å². The van der Waals surface area contributed by atoms with Gasteiger partial charge in [0.05, 0.1) is 30.0 Å². The van der Waals surface area contributed by atoms with Crippen LogP contribution < -0.4 is 10.6 Å². The number of benzene rings is 1. The number of nitrogens with one attached hydrogen (secondary N) is 2. The molecule has 1 aromatic rings. The standard InChI is InChI=1S/C22H25N5O2/c1-2-24-22(26-13-15-5-3-14(12-23)4-6-15)25-9-10-27-20(28)18-16-7-8-17(11-16)19(18)21(27)29/h3-8,16-19H,2,9-11,13H2,1H3,(H2,24,25,26). The molecule has 7 nitrogen and oxygen atoms in total. The highest BCUT2D eigenvalue weighted by molar-refractivity contribution is 6.06. The fourth-order valence-electron chi connectivity index (χ4n) is 4.67. The van der Waals surface area contributed by atoms with Gasteiger partial charge < -0.3 is 10.6 Å². The van der Waals surface area contributed by atoms with Gasteiger partial charge in [0.15, 0.2) is 5.96 Å². The number of fused-ring (bicyclic) bond motifs is 5. The Hall–Kier alpha value is -3.14. The summed E-state index contributed by atoms with van der Waals surface area (Å²) in [6.45, 7) is 3.97. The molecule has 2 bridgehead atoms. The number of aliphatic imine (C=N–C) groups is 1. The molecule has 2 N–H and O–H groups in total. The summed E-state index contributed by atoms with van der Waals surface area (Å²) in [5.74, 6) is 0.803. The van der Waals surface area contributed by atoms with E-state index in [-0.39, 0.29) is 35.5 Å². The van der Waals surface area contributed by atoms with Crippen molar-refractivity contribution in [2.75, 3.05) is 19.6 Å². The summed E-state index contributed by atoms with van der Waals surface area (Å²) < 4.78 is 0. The van der Waals surface area contributed by atoms with Crippen LogP contribution in [0.1, 0.15) is 24.5 Å². The second kappa shape index (κ2) is 8.08. The fraction of sp³-hybridized carbons (Fsp3) is 0.455. The van der Waals surface area contributed by atoms with Crippen molar-refractivity contribution in [1.82, 2.24) is 15.5 Å². The maximum Gasteiger partial charge on any atom is 0.233 e. The maximum absolute atomic E-state index is 12.7. The number of hydrogen-bond acceptors (Lipinski definition) is 4. The molecule has 1 heterocycles. The van der Waals surface area contributed by atoms with Crippen LogP contribution >= 0.6 is 0 Å². The third-order valence-corrected chi connectivity index (χ3v) is 6.04. The van der Waals surface area contributed by atoms with Crippen molar-refractivity contribution in [2.45, 2.75) is 19.9 Å². The summed E-state index contributed by atoms with van der Waals surface area (Å²) in [5, 5.41) is 15.3. The third-order valence-electron chi connectivity index (χ3n) is 6.04.